The lowest BCUT2D eigenvalue weighted by Crippen LogP contribution is -2.19. The van der Waals surface area contributed by atoms with E-state index in [-0.39, 0.29) is 0 Å². The van der Waals surface area contributed by atoms with E-state index in [1.54, 1.807) is 0 Å². The van der Waals surface area contributed by atoms with Gasteiger partial charge >= 0.3 is 0 Å². The number of aromatic nitrogens is 3. The van der Waals surface area contributed by atoms with Crippen LogP contribution in [0.3, 0.4) is 0 Å². The van der Waals surface area contributed by atoms with Crippen molar-refractivity contribution >= 4 is 0 Å². The van der Waals surface area contributed by atoms with Crippen molar-refractivity contribution in [2.75, 3.05) is 13.1 Å². The normalized spacial score (nSPS) is 13.0. The Kier molecular flexibility index (Phi) is 5.46. The van der Waals surface area contributed by atoms with Gasteiger partial charge < -0.3 is 5.32 Å². The minimum absolute atomic E-state index is 0.432. The molecule has 4 heteroatoms. The number of hydrogen-bond donors (Lipinski definition) is 1. The van der Waals surface area contributed by atoms with E-state index in [9.17, 15) is 0 Å². The molecule has 0 bridgehead atoms. The summed E-state index contributed by atoms with van der Waals surface area (Å²) in [5.74, 6) is 2.08. The molecule has 0 aliphatic carbocycles. The van der Waals surface area contributed by atoms with Crippen LogP contribution in [-0.4, -0.2) is 27.9 Å². The van der Waals surface area contributed by atoms with Gasteiger partial charge in [0.1, 0.15) is 5.82 Å². The molecule has 0 spiro atoms. The predicted octanol–water partition coefficient (Wildman–Crippen LogP) is 1.96. The number of hydrogen-bond acceptors (Lipinski definition) is 3. The fourth-order valence-corrected chi connectivity index (χ4v) is 1.76. The maximum Gasteiger partial charge on any atom is 0.150 e. The maximum atomic E-state index is 4.56. The fourth-order valence-electron chi connectivity index (χ4n) is 1.76. The number of rotatable bonds is 7. The molecule has 92 valence electrons. The molecule has 1 unspecified atom stereocenters. The third-order valence-corrected chi connectivity index (χ3v) is 2.78. The molecule has 1 heterocycles. The molecular weight excluding hydrogens is 200 g/mol. The summed E-state index contributed by atoms with van der Waals surface area (Å²) in [6.45, 7) is 10.7. The van der Waals surface area contributed by atoms with E-state index in [1.165, 1.54) is 0 Å². The van der Waals surface area contributed by atoms with Crippen molar-refractivity contribution in [3.8, 4) is 0 Å². The average molecular weight is 224 g/mol. The summed E-state index contributed by atoms with van der Waals surface area (Å²) in [4.78, 5) is 4.53. The van der Waals surface area contributed by atoms with Gasteiger partial charge in [-0.05, 0) is 26.4 Å². The predicted molar refractivity (Wildman–Crippen MR) is 66.6 cm³/mol. The minimum atomic E-state index is 0.432. The third-order valence-electron chi connectivity index (χ3n) is 2.78. The standard InChI is InChI=1S/C12H24N4/c1-5-11-14-12(6-2)16(15-11)10(4)8-9-13-7-3/h10,13H,5-9H2,1-4H3. The molecule has 0 aliphatic heterocycles. The van der Waals surface area contributed by atoms with Gasteiger partial charge in [-0.3, -0.25) is 0 Å². The smallest absolute Gasteiger partial charge is 0.150 e. The molecule has 0 amide bonds. The van der Waals surface area contributed by atoms with Gasteiger partial charge in [-0.2, -0.15) is 5.10 Å². The second kappa shape index (κ2) is 6.63. The fraction of sp³-hybridized carbons (Fsp3) is 0.833. The van der Waals surface area contributed by atoms with Crippen molar-refractivity contribution in [2.24, 2.45) is 0 Å². The molecule has 1 atom stereocenters. The Labute approximate surface area is 98.5 Å². The second-order valence-electron chi connectivity index (χ2n) is 4.09. The van der Waals surface area contributed by atoms with Crippen LogP contribution in [0.2, 0.25) is 0 Å². The average Bonchev–Trinajstić information content (AvgIpc) is 2.72. The third kappa shape index (κ3) is 3.30. The summed E-state index contributed by atoms with van der Waals surface area (Å²) < 4.78 is 2.09. The first-order chi connectivity index (χ1) is 7.72. The summed E-state index contributed by atoms with van der Waals surface area (Å²) in [7, 11) is 0. The van der Waals surface area contributed by atoms with Crippen LogP contribution in [0.25, 0.3) is 0 Å². The van der Waals surface area contributed by atoms with Crippen LogP contribution >= 0.6 is 0 Å². The van der Waals surface area contributed by atoms with E-state index in [2.05, 4.69) is 47.8 Å². The molecule has 0 fully saturated rings. The van der Waals surface area contributed by atoms with Crippen LogP contribution in [0, 0.1) is 0 Å². The number of nitrogens with one attached hydrogen (secondary N) is 1. The lowest BCUT2D eigenvalue weighted by atomic mass is 10.2. The van der Waals surface area contributed by atoms with Gasteiger partial charge in [0, 0.05) is 12.8 Å². The van der Waals surface area contributed by atoms with Crippen molar-refractivity contribution in [1.29, 1.82) is 0 Å². The van der Waals surface area contributed by atoms with Crippen molar-refractivity contribution in [3.63, 3.8) is 0 Å². The van der Waals surface area contributed by atoms with Crippen molar-refractivity contribution in [2.45, 2.75) is 53.0 Å². The molecule has 0 aromatic carbocycles. The quantitative estimate of drug-likeness (QED) is 0.720. The highest BCUT2D eigenvalue weighted by Crippen LogP contribution is 2.12. The Morgan fingerprint density at radius 2 is 2.00 bits per heavy atom. The first kappa shape index (κ1) is 13.2. The van der Waals surface area contributed by atoms with Gasteiger partial charge in [0.05, 0.1) is 6.04 Å². The molecule has 4 nitrogen and oxygen atoms in total. The first-order valence-corrected chi connectivity index (χ1v) is 6.37. The van der Waals surface area contributed by atoms with Crippen molar-refractivity contribution < 1.29 is 0 Å². The monoisotopic (exact) mass is 224 g/mol. The van der Waals surface area contributed by atoms with E-state index >= 15 is 0 Å². The Hall–Kier alpha value is -0.900. The van der Waals surface area contributed by atoms with E-state index < -0.39 is 0 Å². The molecule has 1 N–H and O–H groups in total. The second-order valence-corrected chi connectivity index (χ2v) is 4.09. The highest BCUT2D eigenvalue weighted by atomic mass is 15.4. The molecular formula is C12H24N4. The molecule has 0 saturated carbocycles. The van der Waals surface area contributed by atoms with Crippen LogP contribution in [0.15, 0.2) is 0 Å². The van der Waals surface area contributed by atoms with Gasteiger partial charge in [0.15, 0.2) is 5.82 Å². The van der Waals surface area contributed by atoms with Crippen LogP contribution in [0.5, 0.6) is 0 Å². The van der Waals surface area contributed by atoms with E-state index in [0.717, 1.165) is 44.0 Å². The number of aryl methyl sites for hydroxylation is 2. The van der Waals surface area contributed by atoms with Gasteiger partial charge in [-0.15, -0.1) is 0 Å². The Morgan fingerprint density at radius 1 is 1.25 bits per heavy atom. The topological polar surface area (TPSA) is 42.7 Å². The SMILES string of the molecule is CCNCCC(C)n1nc(CC)nc1CC. The molecule has 0 saturated heterocycles. The summed E-state index contributed by atoms with van der Waals surface area (Å²) in [5, 5.41) is 7.90. The summed E-state index contributed by atoms with van der Waals surface area (Å²) >= 11 is 0. The lowest BCUT2D eigenvalue weighted by molar-refractivity contribution is 0.430. The number of nitrogens with zero attached hydrogens (tertiary/aromatic N) is 3. The summed E-state index contributed by atoms with van der Waals surface area (Å²) in [6, 6.07) is 0.432. The molecule has 16 heavy (non-hydrogen) atoms. The minimum Gasteiger partial charge on any atom is -0.317 e. The van der Waals surface area contributed by atoms with E-state index in [4.69, 9.17) is 0 Å². The Bertz CT molecular complexity index is 306. The van der Waals surface area contributed by atoms with E-state index in [1.807, 2.05) is 0 Å². The first-order valence-electron chi connectivity index (χ1n) is 6.37. The highest BCUT2D eigenvalue weighted by Gasteiger charge is 2.12. The lowest BCUT2D eigenvalue weighted by Gasteiger charge is -2.13. The van der Waals surface area contributed by atoms with Gasteiger partial charge in [0.25, 0.3) is 0 Å². The van der Waals surface area contributed by atoms with Gasteiger partial charge in [0.2, 0.25) is 0 Å². The molecule has 1 rings (SSSR count). The van der Waals surface area contributed by atoms with Crippen molar-refractivity contribution in [3.05, 3.63) is 11.6 Å². The van der Waals surface area contributed by atoms with Crippen LogP contribution in [0.4, 0.5) is 0 Å². The Morgan fingerprint density at radius 3 is 2.56 bits per heavy atom. The highest BCUT2D eigenvalue weighted by molar-refractivity contribution is 4.94. The van der Waals surface area contributed by atoms with Crippen LogP contribution in [0.1, 0.15) is 51.8 Å². The largest absolute Gasteiger partial charge is 0.317 e. The van der Waals surface area contributed by atoms with E-state index in [0.29, 0.717) is 6.04 Å². The summed E-state index contributed by atoms with van der Waals surface area (Å²) in [5.41, 5.74) is 0. The maximum absolute atomic E-state index is 4.56. The zero-order valence-corrected chi connectivity index (χ0v) is 11.0. The molecule has 1 aromatic heterocycles. The molecule has 1 aromatic rings. The van der Waals surface area contributed by atoms with Gasteiger partial charge in [-0.1, -0.05) is 20.8 Å². The van der Waals surface area contributed by atoms with Crippen molar-refractivity contribution in [1.82, 2.24) is 20.1 Å². The zero-order valence-electron chi connectivity index (χ0n) is 11.0. The van der Waals surface area contributed by atoms with Crippen LogP contribution < -0.4 is 5.32 Å². The Balaban J connectivity index is 2.65. The summed E-state index contributed by atoms with van der Waals surface area (Å²) in [6.07, 6.45) is 2.98. The van der Waals surface area contributed by atoms with Crippen LogP contribution in [-0.2, 0) is 12.8 Å². The molecule has 0 aliphatic rings. The zero-order chi connectivity index (χ0) is 12.0. The van der Waals surface area contributed by atoms with Gasteiger partial charge in [-0.25, -0.2) is 9.67 Å². The molecule has 0 radical (unpaired) electrons.